The molecule has 8 nitrogen and oxygen atoms in total. The van der Waals surface area contributed by atoms with E-state index >= 15 is 0 Å². The zero-order chi connectivity index (χ0) is 57.3. The minimum absolute atomic E-state index is 0. The number of ether oxygens (including phenoxy) is 2. The zero-order valence-electron chi connectivity index (χ0n) is 53.6. The van der Waals surface area contributed by atoms with Crippen LogP contribution in [0.25, 0.3) is 0 Å². The molecule has 0 aliphatic rings. The first-order valence-electron chi connectivity index (χ1n) is 35.0. The molecule has 0 spiro atoms. The van der Waals surface area contributed by atoms with Crippen molar-refractivity contribution >= 4 is 61.6 Å². The molecular weight excluding hydrogens is 1010 g/mol. The van der Waals surface area contributed by atoms with Gasteiger partial charge in [-0.25, -0.2) is 0 Å². The van der Waals surface area contributed by atoms with E-state index in [2.05, 4.69) is 27.7 Å². The molecule has 0 aromatic rings. The van der Waals surface area contributed by atoms with Gasteiger partial charge in [-0.1, -0.05) is 310 Å². The number of hydrogen-bond donors (Lipinski definition) is 0. The van der Waals surface area contributed by atoms with Crippen molar-refractivity contribution in [2.45, 2.75) is 425 Å². The normalized spacial score (nSPS) is 11.9. The summed E-state index contributed by atoms with van der Waals surface area (Å²) in [5, 5.41) is 20.9. The van der Waals surface area contributed by atoms with Crippen molar-refractivity contribution < 1.29 is 38.9 Å². The molecule has 0 aliphatic carbocycles. The van der Waals surface area contributed by atoms with Crippen LogP contribution in [0.15, 0.2) is 0 Å². The fourth-order valence-electron chi connectivity index (χ4n) is 10.9. The van der Waals surface area contributed by atoms with Gasteiger partial charge in [0.2, 0.25) is 0 Å². The molecule has 0 aromatic heterocycles. The summed E-state index contributed by atoms with van der Waals surface area (Å²) < 4.78 is 11.9. The van der Waals surface area contributed by atoms with Crippen LogP contribution in [0, 0.1) is 0 Å². The van der Waals surface area contributed by atoms with Gasteiger partial charge in [0.1, 0.15) is 12.2 Å². The van der Waals surface area contributed by atoms with Crippen molar-refractivity contribution in [2.24, 2.45) is 0 Å². The Morgan fingerprint density at radius 1 is 0.241 bits per heavy atom. The maximum absolute atomic E-state index is 12.5. The fourth-order valence-corrected chi connectivity index (χ4v) is 10.9. The first-order valence-corrected chi connectivity index (χ1v) is 35.0. The molecule has 79 heavy (non-hydrogen) atoms. The van der Waals surface area contributed by atoms with Gasteiger partial charge in [-0.05, 0) is 89.9 Å². The minimum atomic E-state index is -0.936. The Morgan fingerprint density at radius 3 is 0.570 bits per heavy atom. The second-order valence-electron chi connectivity index (χ2n) is 24.1. The van der Waals surface area contributed by atoms with E-state index in [1.165, 1.54) is 231 Å². The van der Waals surface area contributed by atoms with Gasteiger partial charge in [0, 0.05) is 24.8 Å². The molecule has 0 heterocycles. The van der Waals surface area contributed by atoms with E-state index in [1.807, 2.05) is 0 Å². The number of carboxylic acids is 2. The van der Waals surface area contributed by atoms with E-state index in [0.29, 0.717) is 12.8 Å². The average Bonchev–Trinajstić information content (AvgIpc) is 3.41. The standard InChI is InChI=1S/2C35H68O4.Ca/c2*1-3-5-7-9-10-11-12-13-14-15-16-20-24-28-32-35(38)39-33(29-25-21-8-6-4-2)30-26-22-18-17-19-23-27-31-34(36)37;/h2*33H,3-32H2,1-2H3,(H,36,37);/q;;+2/p-2. The largest absolute Gasteiger partial charge is 2.00 e. The smallest absolute Gasteiger partial charge is 0.550 e. The van der Waals surface area contributed by atoms with Gasteiger partial charge in [-0.3, -0.25) is 9.59 Å². The molecule has 0 aromatic carbocycles. The molecule has 464 valence electrons. The van der Waals surface area contributed by atoms with Crippen molar-refractivity contribution in [3.05, 3.63) is 0 Å². The van der Waals surface area contributed by atoms with Crippen LogP contribution in [0.4, 0.5) is 0 Å². The van der Waals surface area contributed by atoms with E-state index in [4.69, 9.17) is 9.47 Å². The molecule has 2 atom stereocenters. The molecule has 0 amide bonds. The van der Waals surface area contributed by atoms with Crippen LogP contribution in [0.5, 0.6) is 0 Å². The Morgan fingerprint density at radius 2 is 0.392 bits per heavy atom. The van der Waals surface area contributed by atoms with Gasteiger partial charge in [0.25, 0.3) is 0 Å². The van der Waals surface area contributed by atoms with Gasteiger partial charge >= 0.3 is 49.7 Å². The van der Waals surface area contributed by atoms with Crippen molar-refractivity contribution in [3.63, 3.8) is 0 Å². The van der Waals surface area contributed by atoms with Crippen LogP contribution < -0.4 is 10.2 Å². The number of rotatable bonds is 64. The quantitative estimate of drug-likeness (QED) is 0.0334. The third kappa shape index (κ3) is 73.2. The molecule has 0 N–H and O–H groups in total. The Bertz CT molecular complexity index is 1140. The number of carboxylic acid groups (broad SMARTS) is 2. The molecule has 0 radical (unpaired) electrons. The van der Waals surface area contributed by atoms with Crippen molar-refractivity contribution in [1.29, 1.82) is 0 Å². The second kappa shape index (κ2) is 71.4. The third-order valence-corrected chi connectivity index (χ3v) is 16.1. The summed E-state index contributed by atoms with van der Waals surface area (Å²) in [7, 11) is 0. The van der Waals surface area contributed by atoms with Gasteiger partial charge < -0.3 is 29.3 Å². The molecule has 2 unspecified atom stereocenters. The maximum atomic E-state index is 12.5. The van der Waals surface area contributed by atoms with Crippen LogP contribution >= 0.6 is 0 Å². The van der Waals surface area contributed by atoms with E-state index in [1.54, 1.807) is 0 Å². The Balaban J connectivity index is -0.00000144. The van der Waals surface area contributed by atoms with Crippen LogP contribution in [0.2, 0.25) is 0 Å². The summed E-state index contributed by atoms with van der Waals surface area (Å²) in [6, 6.07) is 0. The van der Waals surface area contributed by atoms with Crippen molar-refractivity contribution in [3.8, 4) is 0 Å². The molecule has 0 aliphatic heterocycles. The van der Waals surface area contributed by atoms with Crippen molar-refractivity contribution in [2.75, 3.05) is 0 Å². The number of hydrogen-bond acceptors (Lipinski definition) is 8. The topological polar surface area (TPSA) is 133 Å². The molecule has 0 rings (SSSR count). The van der Waals surface area contributed by atoms with E-state index in [9.17, 15) is 29.4 Å². The van der Waals surface area contributed by atoms with Gasteiger partial charge in [-0.2, -0.15) is 0 Å². The monoisotopic (exact) mass is 1140 g/mol. The predicted octanol–water partition coefficient (Wildman–Crippen LogP) is 20.4. The summed E-state index contributed by atoms with van der Waals surface area (Å²) in [5.74, 6) is -1.84. The second-order valence-corrected chi connectivity index (χ2v) is 24.1. The number of carbonyl (C=O) groups excluding carboxylic acids is 4. The number of carbonyl (C=O) groups is 4. The van der Waals surface area contributed by atoms with E-state index in [0.717, 1.165) is 128 Å². The zero-order valence-corrected chi connectivity index (χ0v) is 55.8. The van der Waals surface area contributed by atoms with Crippen molar-refractivity contribution in [1.82, 2.24) is 0 Å². The van der Waals surface area contributed by atoms with E-state index in [-0.39, 0.29) is 74.7 Å². The first kappa shape index (κ1) is 82.4. The van der Waals surface area contributed by atoms with Crippen LogP contribution in [-0.4, -0.2) is 73.8 Å². The third-order valence-electron chi connectivity index (χ3n) is 16.1. The maximum Gasteiger partial charge on any atom is 2.00 e. The minimum Gasteiger partial charge on any atom is -0.550 e. The molecule has 0 saturated heterocycles. The molecule has 0 fully saturated rings. The molecule has 0 bridgehead atoms. The first-order chi connectivity index (χ1) is 38.2. The number of esters is 2. The summed E-state index contributed by atoms with van der Waals surface area (Å²) >= 11 is 0. The van der Waals surface area contributed by atoms with Gasteiger partial charge in [0.15, 0.2) is 0 Å². The van der Waals surface area contributed by atoms with E-state index < -0.39 is 11.9 Å². The Kier molecular flexibility index (Phi) is 74.4. The summed E-state index contributed by atoms with van der Waals surface area (Å²) in [6.07, 6.45) is 70.3. The Hall–Kier alpha value is -0.860. The summed E-state index contributed by atoms with van der Waals surface area (Å²) in [5.41, 5.74) is 0. The van der Waals surface area contributed by atoms with Crippen LogP contribution in [-0.2, 0) is 28.7 Å². The van der Waals surface area contributed by atoms with Gasteiger partial charge in [-0.15, -0.1) is 0 Å². The summed E-state index contributed by atoms with van der Waals surface area (Å²) in [6.45, 7) is 9.04. The molecule has 0 saturated carbocycles. The predicted molar refractivity (Wildman–Crippen MR) is 335 cm³/mol. The Labute approximate surface area is 522 Å². The fraction of sp³-hybridized carbons (Fsp3) is 0.943. The molecular formula is C70H134CaO8. The number of unbranched alkanes of at least 4 members (excludes halogenated alkanes) is 46. The number of aliphatic carboxylic acids is 2. The molecule has 9 heteroatoms. The van der Waals surface area contributed by atoms with Crippen LogP contribution in [0.3, 0.4) is 0 Å². The average molecular weight is 1140 g/mol. The summed E-state index contributed by atoms with van der Waals surface area (Å²) in [4.78, 5) is 46.0. The van der Waals surface area contributed by atoms with Gasteiger partial charge in [0.05, 0.1) is 0 Å². The SMILES string of the molecule is CCCCCCCCCCCCCCCCC(=O)OC(CCCCCCC)CCCCCCCCCC(=O)[O-].CCCCCCCCCCCCCCCCC(=O)OC(CCCCCCC)CCCCCCCCCC(=O)[O-].[Ca+2]. The van der Waals surface area contributed by atoms with Crippen LogP contribution in [0.1, 0.15) is 413 Å².